The van der Waals surface area contributed by atoms with Gasteiger partial charge in [0.1, 0.15) is 12.4 Å². The minimum absolute atomic E-state index is 0.562. The molecule has 0 bridgehead atoms. The minimum Gasteiger partial charge on any atom is -0.346 e. The Labute approximate surface area is 133 Å². The summed E-state index contributed by atoms with van der Waals surface area (Å²) < 4.78 is 38.4. The van der Waals surface area contributed by atoms with E-state index >= 15 is 0 Å². The predicted octanol–water partition coefficient (Wildman–Crippen LogP) is 0.605. The van der Waals surface area contributed by atoms with E-state index in [9.17, 15) is 18.0 Å². The van der Waals surface area contributed by atoms with E-state index in [-0.39, 0.29) is 0 Å². The Hall–Kier alpha value is -1.61. The summed E-state index contributed by atoms with van der Waals surface area (Å²) in [4.78, 5) is 20.2. The second kappa shape index (κ2) is 7.31. The molecule has 0 spiro atoms. The first-order valence-corrected chi connectivity index (χ1v) is 7.53. The van der Waals surface area contributed by atoms with Crippen LogP contribution in [-0.2, 0) is 18.4 Å². The van der Waals surface area contributed by atoms with E-state index in [1.165, 1.54) is 0 Å². The molecule has 0 aliphatic carbocycles. The Bertz CT molecular complexity index is 523. The number of halogens is 3. The first kappa shape index (κ1) is 17.7. The number of hydrogen-bond donors (Lipinski definition) is 1. The van der Waals surface area contributed by atoms with E-state index in [4.69, 9.17) is 0 Å². The molecule has 0 unspecified atom stereocenters. The summed E-state index contributed by atoms with van der Waals surface area (Å²) in [5.41, 5.74) is 0. The van der Waals surface area contributed by atoms with E-state index in [0.717, 1.165) is 25.5 Å². The fourth-order valence-corrected chi connectivity index (χ4v) is 2.56. The number of imidazole rings is 1. The summed E-state index contributed by atoms with van der Waals surface area (Å²) in [6, 6.07) is -0.562. The Morgan fingerprint density at radius 1 is 1.35 bits per heavy atom. The van der Waals surface area contributed by atoms with Crippen molar-refractivity contribution in [2.75, 3.05) is 32.7 Å². The lowest BCUT2D eigenvalue weighted by molar-refractivity contribution is -0.141. The van der Waals surface area contributed by atoms with Gasteiger partial charge in [-0.05, 0) is 6.92 Å². The molecule has 2 heterocycles. The second-order valence-electron chi connectivity index (χ2n) is 5.78. The molecule has 23 heavy (non-hydrogen) atoms. The van der Waals surface area contributed by atoms with Gasteiger partial charge in [0.2, 0.25) is 5.91 Å². The summed E-state index contributed by atoms with van der Waals surface area (Å²) in [6.07, 6.45) is -0.743. The molecular weight excluding hydrogens is 311 g/mol. The highest BCUT2D eigenvalue weighted by Gasteiger charge is 2.31. The summed E-state index contributed by atoms with van der Waals surface area (Å²) >= 11 is 0. The zero-order valence-corrected chi connectivity index (χ0v) is 13.3. The summed E-state index contributed by atoms with van der Waals surface area (Å²) in [5, 5.41) is 1.94. The summed E-state index contributed by atoms with van der Waals surface area (Å²) in [7, 11) is 1.94. The van der Waals surface area contributed by atoms with Crippen LogP contribution in [0.2, 0.25) is 0 Å². The van der Waals surface area contributed by atoms with Gasteiger partial charge in [-0.3, -0.25) is 14.6 Å². The van der Waals surface area contributed by atoms with Crippen molar-refractivity contribution in [2.24, 2.45) is 7.05 Å². The largest absolute Gasteiger partial charge is 0.405 e. The van der Waals surface area contributed by atoms with Crippen molar-refractivity contribution in [3.05, 3.63) is 18.2 Å². The van der Waals surface area contributed by atoms with Crippen molar-refractivity contribution in [3.63, 3.8) is 0 Å². The van der Waals surface area contributed by atoms with Crippen LogP contribution in [0.25, 0.3) is 0 Å². The molecule has 130 valence electrons. The fourth-order valence-electron chi connectivity index (χ4n) is 2.56. The van der Waals surface area contributed by atoms with Gasteiger partial charge in [-0.2, -0.15) is 13.2 Å². The highest BCUT2D eigenvalue weighted by atomic mass is 19.4. The molecule has 9 heteroatoms. The summed E-state index contributed by atoms with van der Waals surface area (Å²) in [5.74, 6) is 0.384. The van der Waals surface area contributed by atoms with Gasteiger partial charge in [0.05, 0.1) is 12.6 Å². The predicted molar refractivity (Wildman–Crippen MR) is 78.6 cm³/mol. The quantitative estimate of drug-likeness (QED) is 0.858. The second-order valence-corrected chi connectivity index (χ2v) is 5.78. The number of alkyl halides is 3. The number of nitrogens with zero attached hydrogens (tertiary/aromatic N) is 4. The molecular formula is C14H22F3N5O. The fraction of sp³-hybridized carbons (Fsp3) is 0.714. The molecule has 1 aliphatic rings. The van der Waals surface area contributed by atoms with E-state index in [1.807, 2.05) is 28.0 Å². The van der Waals surface area contributed by atoms with Gasteiger partial charge in [0.15, 0.2) is 0 Å². The van der Waals surface area contributed by atoms with E-state index in [1.54, 1.807) is 13.1 Å². The molecule has 0 aromatic carbocycles. The topological polar surface area (TPSA) is 53.4 Å². The Kier molecular flexibility index (Phi) is 5.64. The van der Waals surface area contributed by atoms with Crippen molar-refractivity contribution in [1.29, 1.82) is 0 Å². The van der Waals surface area contributed by atoms with Crippen LogP contribution < -0.4 is 5.32 Å². The number of piperazine rings is 1. The summed E-state index contributed by atoms with van der Waals surface area (Å²) in [6.45, 7) is 3.88. The lowest BCUT2D eigenvalue weighted by atomic mass is 10.2. The number of nitrogens with one attached hydrogen (secondary N) is 1. The molecule has 1 amide bonds. The number of rotatable bonds is 5. The average molecular weight is 333 g/mol. The zero-order chi connectivity index (χ0) is 17.0. The van der Waals surface area contributed by atoms with Crippen LogP contribution in [0, 0.1) is 0 Å². The maximum atomic E-state index is 12.1. The van der Waals surface area contributed by atoms with Crippen LogP contribution in [0.1, 0.15) is 12.7 Å². The molecule has 1 saturated heterocycles. The standard InChI is InChI=1S/C14H22F3N5O/c1-11(13(23)19-10-14(15,16)17)22-7-5-21(6-8-22)9-12-18-3-4-20(12)2/h3-4,11H,5-10H2,1-2H3,(H,19,23)/t11-/m0/s1. The lowest BCUT2D eigenvalue weighted by Crippen LogP contribution is -2.54. The molecule has 1 N–H and O–H groups in total. The van der Waals surface area contributed by atoms with E-state index in [0.29, 0.717) is 13.1 Å². The molecule has 2 rings (SSSR count). The molecule has 1 aromatic rings. The number of aromatic nitrogens is 2. The van der Waals surface area contributed by atoms with E-state index < -0.39 is 24.7 Å². The molecule has 6 nitrogen and oxygen atoms in total. The van der Waals surface area contributed by atoms with Gasteiger partial charge in [-0.15, -0.1) is 0 Å². The first-order valence-electron chi connectivity index (χ1n) is 7.53. The van der Waals surface area contributed by atoms with Crippen LogP contribution >= 0.6 is 0 Å². The third-order valence-electron chi connectivity index (χ3n) is 4.08. The highest BCUT2D eigenvalue weighted by Crippen LogP contribution is 2.13. The Morgan fingerprint density at radius 3 is 2.52 bits per heavy atom. The number of carbonyl (C=O) groups is 1. The van der Waals surface area contributed by atoms with Crippen LogP contribution in [0.4, 0.5) is 13.2 Å². The van der Waals surface area contributed by atoms with Gasteiger partial charge < -0.3 is 9.88 Å². The monoisotopic (exact) mass is 333 g/mol. The minimum atomic E-state index is -4.38. The van der Waals surface area contributed by atoms with Gasteiger partial charge >= 0.3 is 6.18 Å². The van der Waals surface area contributed by atoms with Crippen LogP contribution in [0.3, 0.4) is 0 Å². The maximum Gasteiger partial charge on any atom is 0.405 e. The van der Waals surface area contributed by atoms with Gasteiger partial charge in [-0.1, -0.05) is 0 Å². The molecule has 1 atom stereocenters. The molecule has 0 radical (unpaired) electrons. The highest BCUT2D eigenvalue weighted by molar-refractivity contribution is 5.81. The Balaban J connectivity index is 1.77. The number of hydrogen-bond acceptors (Lipinski definition) is 4. The molecule has 0 saturated carbocycles. The maximum absolute atomic E-state index is 12.1. The van der Waals surface area contributed by atoms with Crippen LogP contribution in [0.5, 0.6) is 0 Å². The average Bonchev–Trinajstić information content (AvgIpc) is 2.89. The molecule has 1 aromatic heterocycles. The van der Waals surface area contributed by atoms with Crippen molar-refractivity contribution in [1.82, 2.24) is 24.7 Å². The number of amides is 1. The lowest BCUT2D eigenvalue weighted by Gasteiger charge is -2.37. The van der Waals surface area contributed by atoms with Crippen molar-refractivity contribution in [2.45, 2.75) is 25.7 Å². The smallest absolute Gasteiger partial charge is 0.346 e. The normalized spacial score (nSPS) is 18.8. The zero-order valence-electron chi connectivity index (χ0n) is 13.3. The van der Waals surface area contributed by atoms with Crippen molar-refractivity contribution in [3.8, 4) is 0 Å². The molecule has 1 fully saturated rings. The van der Waals surface area contributed by atoms with Crippen LogP contribution in [0.15, 0.2) is 12.4 Å². The molecule has 1 aliphatic heterocycles. The third-order valence-corrected chi connectivity index (χ3v) is 4.08. The number of carbonyl (C=O) groups excluding carboxylic acids is 1. The van der Waals surface area contributed by atoms with Gasteiger partial charge in [0.25, 0.3) is 0 Å². The van der Waals surface area contributed by atoms with Gasteiger partial charge in [-0.25, -0.2) is 4.98 Å². The van der Waals surface area contributed by atoms with Gasteiger partial charge in [0, 0.05) is 45.6 Å². The first-order chi connectivity index (χ1) is 10.8. The van der Waals surface area contributed by atoms with Crippen molar-refractivity contribution >= 4 is 5.91 Å². The van der Waals surface area contributed by atoms with E-state index in [2.05, 4.69) is 9.88 Å². The van der Waals surface area contributed by atoms with Crippen molar-refractivity contribution < 1.29 is 18.0 Å². The SMILES string of the molecule is C[C@@H](C(=O)NCC(F)(F)F)N1CCN(Cc2nccn2C)CC1. The number of aryl methyl sites for hydroxylation is 1. The van der Waals surface area contributed by atoms with Crippen LogP contribution in [-0.4, -0.2) is 70.2 Å². The Morgan fingerprint density at radius 2 is 2.00 bits per heavy atom. The third kappa shape index (κ3) is 5.21.